The van der Waals surface area contributed by atoms with Gasteiger partial charge in [-0.15, -0.1) is 0 Å². The van der Waals surface area contributed by atoms with Gasteiger partial charge in [-0.25, -0.2) is 0 Å². The van der Waals surface area contributed by atoms with Gasteiger partial charge in [0, 0.05) is 41.6 Å². The molecule has 3 rings (SSSR count). The van der Waals surface area contributed by atoms with Gasteiger partial charge in [-0.1, -0.05) is 42.6 Å². The molecule has 6 heteroatoms. The number of halogens is 2. The van der Waals surface area contributed by atoms with Gasteiger partial charge in [0.05, 0.1) is 6.04 Å². The number of hydrogen-bond donors (Lipinski definition) is 1. The van der Waals surface area contributed by atoms with Crippen LogP contribution in [0.15, 0.2) is 36.5 Å². The van der Waals surface area contributed by atoms with Gasteiger partial charge in [-0.2, -0.15) is 0 Å². The Morgan fingerprint density at radius 1 is 1.29 bits per heavy atom. The zero-order chi connectivity index (χ0) is 17.1. The first-order valence-corrected chi connectivity index (χ1v) is 9.42. The maximum absolute atomic E-state index is 6.51. The molecule has 1 aliphatic rings. The number of rotatable bonds is 4. The lowest BCUT2D eigenvalue weighted by Gasteiger charge is -2.39. The zero-order valence-corrected chi connectivity index (χ0v) is 16.0. The van der Waals surface area contributed by atoms with Gasteiger partial charge in [0.25, 0.3) is 0 Å². The van der Waals surface area contributed by atoms with Crippen molar-refractivity contribution in [1.82, 2.24) is 14.8 Å². The second kappa shape index (κ2) is 7.77. The molecule has 1 aromatic carbocycles. The van der Waals surface area contributed by atoms with Gasteiger partial charge < -0.3 is 14.8 Å². The Morgan fingerprint density at radius 3 is 2.88 bits per heavy atom. The smallest absolute Gasteiger partial charge is 0.169 e. The summed E-state index contributed by atoms with van der Waals surface area (Å²) in [5.74, 6) is 0. The first-order chi connectivity index (χ1) is 11.6. The van der Waals surface area contributed by atoms with Crippen molar-refractivity contribution >= 4 is 40.5 Å². The predicted molar refractivity (Wildman–Crippen MR) is 105 cm³/mol. The average molecular weight is 382 g/mol. The molecule has 0 saturated heterocycles. The molecule has 0 fully saturated rings. The summed E-state index contributed by atoms with van der Waals surface area (Å²) in [7, 11) is 0. The van der Waals surface area contributed by atoms with Crippen molar-refractivity contribution in [3.8, 4) is 0 Å². The Bertz CT molecular complexity index is 729. The molecule has 0 spiro atoms. The molecule has 1 N–H and O–H groups in total. The summed E-state index contributed by atoms with van der Waals surface area (Å²) in [6, 6.07) is 9.89. The fourth-order valence-electron chi connectivity index (χ4n) is 3.13. The molecular weight excluding hydrogens is 361 g/mol. The number of nitrogens with zero attached hydrogens (tertiary/aromatic N) is 2. The Morgan fingerprint density at radius 2 is 2.12 bits per heavy atom. The summed E-state index contributed by atoms with van der Waals surface area (Å²) in [5, 5.41) is 5.48. The van der Waals surface area contributed by atoms with Crippen molar-refractivity contribution in [2.24, 2.45) is 0 Å². The number of nitrogens with one attached hydrogen (secondary N) is 1. The predicted octanol–water partition coefficient (Wildman–Crippen LogP) is 4.87. The van der Waals surface area contributed by atoms with E-state index in [4.69, 9.17) is 35.4 Å². The third-order valence-corrected chi connectivity index (χ3v) is 5.30. The maximum Gasteiger partial charge on any atom is 0.169 e. The molecule has 0 bridgehead atoms. The minimum Gasteiger partial charge on any atom is -0.363 e. The Hall–Kier alpha value is -1.23. The van der Waals surface area contributed by atoms with Crippen LogP contribution >= 0.6 is 35.4 Å². The van der Waals surface area contributed by atoms with Crippen LogP contribution in [0, 0.1) is 0 Å². The standard InChI is InChI=1S/C18H21Cl2N3S/c1-2-3-8-21-18(24)23-11-10-22-9-4-5-16(22)17(23)14-7-6-13(19)12-15(14)20/h4-7,9,12,17H,2-3,8,10-11H2,1H3,(H,21,24)/t17-/m0/s1. The van der Waals surface area contributed by atoms with Gasteiger partial charge in [-0.05, 0) is 48.5 Å². The third kappa shape index (κ3) is 3.56. The van der Waals surface area contributed by atoms with Crippen LogP contribution in [0.25, 0.3) is 0 Å². The minimum atomic E-state index is 0.000133. The second-order valence-electron chi connectivity index (χ2n) is 5.97. The summed E-state index contributed by atoms with van der Waals surface area (Å²) in [4.78, 5) is 2.23. The van der Waals surface area contributed by atoms with Crippen LogP contribution in [0.5, 0.6) is 0 Å². The lowest BCUT2D eigenvalue weighted by molar-refractivity contribution is 0.286. The number of hydrogen-bond acceptors (Lipinski definition) is 1. The fourth-order valence-corrected chi connectivity index (χ4v) is 3.94. The number of benzene rings is 1. The lowest BCUT2D eigenvalue weighted by atomic mass is 10.00. The fraction of sp³-hybridized carbons (Fsp3) is 0.389. The van der Waals surface area contributed by atoms with E-state index in [1.165, 1.54) is 5.69 Å². The molecule has 1 aromatic heterocycles. The van der Waals surface area contributed by atoms with Crippen LogP contribution in [-0.2, 0) is 6.54 Å². The highest BCUT2D eigenvalue weighted by Gasteiger charge is 2.31. The Kier molecular flexibility index (Phi) is 5.69. The molecule has 2 heterocycles. The average Bonchev–Trinajstić information content (AvgIpc) is 3.03. The highest BCUT2D eigenvalue weighted by atomic mass is 35.5. The van der Waals surface area contributed by atoms with Gasteiger partial charge in [0.15, 0.2) is 5.11 Å². The van der Waals surface area contributed by atoms with Gasteiger partial charge in [-0.3, -0.25) is 0 Å². The molecule has 0 saturated carbocycles. The van der Waals surface area contributed by atoms with E-state index in [1.54, 1.807) is 6.07 Å². The van der Waals surface area contributed by atoms with E-state index in [2.05, 4.69) is 40.0 Å². The molecule has 0 unspecified atom stereocenters. The second-order valence-corrected chi connectivity index (χ2v) is 7.20. The summed E-state index contributed by atoms with van der Waals surface area (Å²) < 4.78 is 2.26. The van der Waals surface area contributed by atoms with E-state index in [-0.39, 0.29) is 6.04 Å². The largest absolute Gasteiger partial charge is 0.363 e. The van der Waals surface area contributed by atoms with Crippen molar-refractivity contribution in [2.45, 2.75) is 32.4 Å². The molecular formula is C18H21Cl2N3S. The highest BCUT2D eigenvalue weighted by molar-refractivity contribution is 7.80. The molecule has 3 nitrogen and oxygen atoms in total. The third-order valence-electron chi connectivity index (χ3n) is 4.36. The van der Waals surface area contributed by atoms with E-state index in [0.29, 0.717) is 10.0 Å². The molecule has 1 aliphatic heterocycles. The van der Waals surface area contributed by atoms with Crippen LogP contribution < -0.4 is 5.32 Å². The zero-order valence-electron chi connectivity index (χ0n) is 13.6. The molecule has 1 atom stereocenters. The van der Waals surface area contributed by atoms with E-state index < -0.39 is 0 Å². The van der Waals surface area contributed by atoms with Crippen molar-refractivity contribution < 1.29 is 0 Å². The molecule has 24 heavy (non-hydrogen) atoms. The van der Waals surface area contributed by atoms with Crippen LogP contribution in [0.2, 0.25) is 10.0 Å². The van der Waals surface area contributed by atoms with Crippen LogP contribution in [0.1, 0.15) is 37.1 Å². The van der Waals surface area contributed by atoms with E-state index in [9.17, 15) is 0 Å². The molecule has 0 radical (unpaired) electrons. The van der Waals surface area contributed by atoms with Gasteiger partial charge in [0.1, 0.15) is 0 Å². The summed E-state index contributed by atoms with van der Waals surface area (Å²) in [6.07, 6.45) is 4.36. The summed E-state index contributed by atoms with van der Waals surface area (Å²) >= 11 is 18.3. The van der Waals surface area contributed by atoms with Crippen LogP contribution in [0.3, 0.4) is 0 Å². The molecule has 0 aliphatic carbocycles. The minimum absolute atomic E-state index is 0.000133. The Labute approximate surface area is 158 Å². The van der Waals surface area contributed by atoms with Gasteiger partial charge >= 0.3 is 0 Å². The maximum atomic E-state index is 6.51. The topological polar surface area (TPSA) is 20.2 Å². The monoisotopic (exact) mass is 381 g/mol. The first kappa shape index (κ1) is 17.6. The van der Waals surface area contributed by atoms with Crippen molar-refractivity contribution in [3.63, 3.8) is 0 Å². The first-order valence-electron chi connectivity index (χ1n) is 8.26. The quantitative estimate of drug-likeness (QED) is 0.602. The summed E-state index contributed by atoms with van der Waals surface area (Å²) in [6.45, 7) is 4.84. The number of unbranched alkanes of at least 4 members (excludes halogenated alkanes) is 1. The highest BCUT2D eigenvalue weighted by Crippen LogP contribution is 2.37. The van der Waals surface area contributed by atoms with E-state index >= 15 is 0 Å². The van der Waals surface area contributed by atoms with E-state index in [0.717, 1.165) is 43.2 Å². The SMILES string of the molecule is CCCCNC(=S)N1CCn2cccc2[C@@H]1c1ccc(Cl)cc1Cl. The lowest BCUT2D eigenvalue weighted by Crippen LogP contribution is -2.47. The molecule has 128 valence electrons. The number of thiocarbonyl (C=S) groups is 1. The van der Waals surface area contributed by atoms with E-state index in [1.807, 2.05) is 12.1 Å². The number of aromatic nitrogens is 1. The molecule has 0 amide bonds. The van der Waals surface area contributed by atoms with Crippen molar-refractivity contribution in [2.75, 3.05) is 13.1 Å². The Balaban J connectivity index is 1.95. The molecule has 2 aromatic rings. The van der Waals surface area contributed by atoms with Crippen LogP contribution in [-0.4, -0.2) is 27.7 Å². The van der Waals surface area contributed by atoms with Crippen LogP contribution in [0.4, 0.5) is 0 Å². The normalized spacial score (nSPS) is 16.8. The summed E-state index contributed by atoms with van der Waals surface area (Å²) in [5.41, 5.74) is 2.23. The van der Waals surface area contributed by atoms with Gasteiger partial charge in [0.2, 0.25) is 0 Å². The van der Waals surface area contributed by atoms with Crippen molar-refractivity contribution in [1.29, 1.82) is 0 Å². The van der Waals surface area contributed by atoms with Crippen molar-refractivity contribution in [3.05, 3.63) is 57.8 Å². The number of fused-ring (bicyclic) bond motifs is 1.